The third-order valence-corrected chi connectivity index (χ3v) is 4.04. The molecule has 0 fully saturated rings. The second-order valence-electron chi connectivity index (χ2n) is 6.47. The highest BCUT2D eigenvalue weighted by atomic mass is 16.2. The molecule has 1 aromatic rings. The van der Waals surface area contributed by atoms with Crippen LogP contribution in [-0.2, 0) is 11.2 Å². The van der Waals surface area contributed by atoms with Crippen molar-refractivity contribution in [3.8, 4) is 0 Å². The molecule has 21 heavy (non-hydrogen) atoms. The molecule has 0 saturated carbocycles. The molecule has 0 aliphatic carbocycles. The van der Waals surface area contributed by atoms with E-state index in [-0.39, 0.29) is 11.9 Å². The Morgan fingerprint density at radius 3 is 2.81 bits per heavy atom. The summed E-state index contributed by atoms with van der Waals surface area (Å²) in [6.07, 6.45) is 3.14. The van der Waals surface area contributed by atoms with Gasteiger partial charge in [-0.1, -0.05) is 26.0 Å². The molecule has 116 valence electrons. The number of anilines is 2. The van der Waals surface area contributed by atoms with Gasteiger partial charge in [0.15, 0.2) is 0 Å². The molecule has 3 N–H and O–H groups in total. The van der Waals surface area contributed by atoms with E-state index in [1.807, 2.05) is 12.1 Å². The van der Waals surface area contributed by atoms with E-state index in [2.05, 4.69) is 37.1 Å². The quantitative estimate of drug-likeness (QED) is 0.791. The predicted molar refractivity (Wildman–Crippen MR) is 88.4 cm³/mol. The van der Waals surface area contributed by atoms with E-state index in [1.54, 1.807) is 0 Å². The van der Waals surface area contributed by atoms with Crippen molar-refractivity contribution in [1.29, 1.82) is 0 Å². The number of nitrogens with one attached hydrogen (secondary N) is 1. The number of para-hydroxylation sites is 1. The second kappa shape index (κ2) is 6.83. The van der Waals surface area contributed by atoms with Crippen LogP contribution in [0.5, 0.6) is 0 Å². The fourth-order valence-electron chi connectivity index (χ4n) is 2.87. The lowest BCUT2D eigenvalue weighted by Gasteiger charge is -2.22. The van der Waals surface area contributed by atoms with E-state index in [4.69, 9.17) is 5.73 Å². The molecule has 1 aromatic carbocycles. The number of carbonyl (C=O) groups excluding carboxylic acids is 1. The SMILES string of the molecule is CC(C)CCC(C)NC(=O)CN1CCc2cccc(N)c21. The first-order valence-electron chi connectivity index (χ1n) is 7.89. The minimum Gasteiger partial charge on any atom is -0.397 e. The first kappa shape index (κ1) is 15.7. The predicted octanol–water partition coefficient (Wildman–Crippen LogP) is 2.57. The lowest BCUT2D eigenvalue weighted by atomic mass is 10.0. The number of hydrogen-bond acceptors (Lipinski definition) is 3. The summed E-state index contributed by atoms with van der Waals surface area (Å²) in [5.41, 5.74) is 9.11. The van der Waals surface area contributed by atoms with Crippen molar-refractivity contribution in [2.45, 2.75) is 46.1 Å². The highest BCUT2D eigenvalue weighted by Gasteiger charge is 2.23. The largest absolute Gasteiger partial charge is 0.397 e. The Balaban J connectivity index is 1.88. The van der Waals surface area contributed by atoms with E-state index in [0.29, 0.717) is 12.5 Å². The molecular formula is C17H27N3O. The number of rotatable bonds is 6. The zero-order valence-electron chi connectivity index (χ0n) is 13.4. The van der Waals surface area contributed by atoms with Gasteiger partial charge in [0.2, 0.25) is 5.91 Å². The van der Waals surface area contributed by atoms with Gasteiger partial charge in [0.25, 0.3) is 0 Å². The Hall–Kier alpha value is -1.71. The fraction of sp³-hybridized carbons (Fsp3) is 0.588. The number of nitrogen functional groups attached to an aromatic ring is 1. The maximum atomic E-state index is 12.2. The van der Waals surface area contributed by atoms with E-state index >= 15 is 0 Å². The average molecular weight is 289 g/mol. The highest BCUT2D eigenvalue weighted by molar-refractivity contribution is 5.85. The van der Waals surface area contributed by atoms with E-state index in [0.717, 1.165) is 37.2 Å². The second-order valence-corrected chi connectivity index (χ2v) is 6.47. The van der Waals surface area contributed by atoms with Gasteiger partial charge in [-0.3, -0.25) is 4.79 Å². The number of benzene rings is 1. The molecule has 1 unspecified atom stereocenters. The standard InChI is InChI=1S/C17H27N3O/c1-12(2)7-8-13(3)19-16(21)11-20-10-9-14-5-4-6-15(18)17(14)20/h4-6,12-13H,7-11,18H2,1-3H3,(H,19,21). The molecule has 0 radical (unpaired) electrons. The van der Waals surface area contributed by atoms with Crippen LogP contribution in [0.4, 0.5) is 11.4 Å². The van der Waals surface area contributed by atoms with Crippen LogP contribution in [0.15, 0.2) is 18.2 Å². The molecule has 1 atom stereocenters. The number of nitrogens with zero attached hydrogens (tertiary/aromatic N) is 1. The van der Waals surface area contributed by atoms with Crippen molar-refractivity contribution >= 4 is 17.3 Å². The van der Waals surface area contributed by atoms with Crippen molar-refractivity contribution in [1.82, 2.24) is 5.32 Å². The summed E-state index contributed by atoms with van der Waals surface area (Å²) >= 11 is 0. The molecule has 0 spiro atoms. The smallest absolute Gasteiger partial charge is 0.239 e. The van der Waals surface area contributed by atoms with E-state index in [1.165, 1.54) is 5.56 Å². The maximum Gasteiger partial charge on any atom is 0.239 e. The minimum atomic E-state index is 0.0855. The topological polar surface area (TPSA) is 58.4 Å². The van der Waals surface area contributed by atoms with Crippen molar-refractivity contribution in [2.75, 3.05) is 23.7 Å². The third kappa shape index (κ3) is 4.13. The van der Waals surface area contributed by atoms with Gasteiger partial charge in [-0.15, -0.1) is 0 Å². The molecule has 4 heteroatoms. The van der Waals surface area contributed by atoms with Gasteiger partial charge < -0.3 is 16.0 Å². The number of fused-ring (bicyclic) bond motifs is 1. The van der Waals surface area contributed by atoms with Crippen molar-refractivity contribution in [3.05, 3.63) is 23.8 Å². The Labute approximate surface area is 127 Å². The number of carbonyl (C=O) groups is 1. The van der Waals surface area contributed by atoms with Gasteiger partial charge in [-0.05, 0) is 43.7 Å². The molecular weight excluding hydrogens is 262 g/mol. The Bertz CT molecular complexity index is 499. The van der Waals surface area contributed by atoms with Crippen LogP contribution >= 0.6 is 0 Å². The molecule has 4 nitrogen and oxygen atoms in total. The summed E-state index contributed by atoms with van der Waals surface area (Å²) < 4.78 is 0. The van der Waals surface area contributed by atoms with Crippen LogP contribution in [0.1, 0.15) is 39.2 Å². The van der Waals surface area contributed by atoms with Gasteiger partial charge in [0.05, 0.1) is 17.9 Å². The highest BCUT2D eigenvalue weighted by Crippen LogP contribution is 2.33. The van der Waals surface area contributed by atoms with Crippen molar-refractivity contribution in [2.24, 2.45) is 5.92 Å². The summed E-state index contributed by atoms with van der Waals surface area (Å²) in [6.45, 7) is 7.76. The monoisotopic (exact) mass is 289 g/mol. The van der Waals surface area contributed by atoms with Gasteiger partial charge in [0, 0.05) is 12.6 Å². The Kier molecular flexibility index (Phi) is 5.10. The molecule has 2 rings (SSSR count). The molecule has 0 aromatic heterocycles. The van der Waals surface area contributed by atoms with Gasteiger partial charge in [-0.2, -0.15) is 0 Å². The maximum absolute atomic E-state index is 12.2. The van der Waals surface area contributed by atoms with Crippen LogP contribution in [0.25, 0.3) is 0 Å². The fourth-order valence-corrected chi connectivity index (χ4v) is 2.87. The summed E-state index contributed by atoms with van der Waals surface area (Å²) in [5.74, 6) is 0.761. The van der Waals surface area contributed by atoms with Crippen LogP contribution in [0.3, 0.4) is 0 Å². The molecule has 1 amide bonds. The summed E-state index contributed by atoms with van der Waals surface area (Å²) in [6, 6.07) is 6.20. The zero-order chi connectivity index (χ0) is 15.4. The minimum absolute atomic E-state index is 0.0855. The lowest BCUT2D eigenvalue weighted by Crippen LogP contribution is -2.40. The number of hydrogen-bond donors (Lipinski definition) is 2. The first-order chi connectivity index (χ1) is 9.97. The molecule has 0 saturated heterocycles. The van der Waals surface area contributed by atoms with Crippen LogP contribution in [0.2, 0.25) is 0 Å². The Morgan fingerprint density at radius 2 is 2.10 bits per heavy atom. The summed E-state index contributed by atoms with van der Waals surface area (Å²) in [4.78, 5) is 14.3. The van der Waals surface area contributed by atoms with Crippen molar-refractivity contribution in [3.63, 3.8) is 0 Å². The van der Waals surface area contributed by atoms with Crippen LogP contribution < -0.4 is 16.0 Å². The number of amides is 1. The van der Waals surface area contributed by atoms with Gasteiger partial charge >= 0.3 is 0 Å². The number of nitrogens with two attached hydrogens (primary N) is 1. The Morgan fingerprint density at radius 1 is 1.33 bits per heavy atom. The van der Waals surface area contributed by atoms with E-state index in [9.17, 15) is 4.79 Å². The first-order valence-corrected chi connectivity index (χ1v) is 7.89. The molecule has 1 aliphatic heterocycles. The van der Waals surface area contributed by atoms with Gasteiger partial charge in [0.1, 0.15) is 0 Å². The van der Waals surface area contributed by atoms with Gasteiger partial charge in [-0.25, -0.2) is 0 Å². The average Bonchev–Trinajstić information content (AvgIpc) is 2.81. The van der Waals surface area contributed by atoms with Crippen LogP contribution in [-0.4, -0.2) is 25.0 Å². The molecule has 0 bridgehead atoms. The normalized spacial score (nSPS) is 15.1. The van der Waals surface area contributed by atoms with Crippen LogP contribution in [0, 0.1) is 5.92 Å². The van der Waals surface area contributed by atoms with Crippen molar-refractivity contribution < 1.29 is 4.79 Å². The summed E-state index contributed by atoms with van der Waals surface area (Å²) in [5, 5.41) is 3.09. The van der Waals surface area contributed by atoms with E-state index < -0.39 is 0 Å². The molecule has 1 heterocycles. The third-order valence-electron chi connectivity index (χ3n) is 4.04. The zero-order valence-corrected chi connectivity index (χ0v) is 13.4. The summed E-state index contributed by atoms with van der Waals surface area (Å²) in [7, 11) is 0. The molecule has 1 aliphatic rings. The lowest BCUT2D eigenvalue weighted by molar-refractivity contribution is -0.120.